The number of hydrogen-bond acceptors (Lipinski definition) is 6. The van der Waals surface area contributed by atoms with Gasteiger partial charge in [0.25, 0.3) is 0 Å². The number of aryl methyl sites for hydroxylation is 1. The van der Waals surface area contributed by atoms with Crippen LogP contribution in [0.3, 0.4) is 0 Å². The fourth-order valence-corrected chi connectivity index (χ4v) is 1.59. The molecule has 21 heavy (non-hydrogen) atoms. The molecule has 1 aromatic carbocycles. The van der Waals surface area contributed by atoms with Crippen LogP contribution in [0.1, 0.15) is 5.56 Å². The molecule has 0 fully saturated rings. The minimum atomic E-state index is -0.284. The summed E-state index contributed by atoms with van der Waals surface area (Å²) in [6.07, 6.45) is 4.63. The van der Waals surface area contributed by atoms with Crippen LogP contribution in [0.2, 0.25) is 0 Å². The lowest BCUT2D eigenvalue weighted by Crippen LogP contribution is -2.27. The van der Waals surface area contributed by atoms with Gasteiger partial charge in [0.2, 0.25) is 0 Å². The van der Waals surface area contributed by atoms with E-state index < -0.39 is 0 Å². The van der Waals surface area contributed by atoms with E-state index >= 15 is 0 Å². The highest BCUT2D eigenvalue weighted by Gasteiger charge is 2.04. The van der Waals surface area contributed by atoms with Gasteiger partial charge in [0.1, 0.15) is 12.4 Å². The summed E-state index contributed by atoms with van der Waals surface area (Å²) in [5.74, 6) is 5.57. The number of anilines is 1. The first-order valence-electron chi connectivity index (χ1n) is 6.22. The lowest BCUT2D eigenvalue weighted by atomic mass is 10.2. The standard InChI is InChI=1S/C14H16FN5O/c1-10-7-12(3-4-13(10)15)20(17)8-11(16)9-21-14-18-5-2-6-19-14/h2-8H,9,16-17H2,1H3/b11-8-. The number of benzene rings is 1. The first kappa shape index (κ1) is 14.7. The predicted molar refractivity (Wildman–Crippen MR) is 77.6 cm³/mol. The molecule has 0 radical (unpaired) electrons. The quantitative estimate of drug-likeness (QED) is 0.640. The molecule has 0 spiro atoms. The largest absolute Gasteiger partial charge is 0.457 e. The first-order valence-corrected chi connectivity index (χ1v) is 6.22. The molecule has 0 aliphatic carbocycles. The summed E-state index contributed by atoms with van der Waals surface area (Å²) < 4.78 is 18.5. The molecule has 1 heterocycles. The molecule has 0 atom stereocenters. The van der Waals surface area contributed by atoms with Gasteiger partial charge in [-0.2, -0.15) is 0 Å². The maximum absolute atomic E-state index is 13.2. The van der Waals surface area contributed by atoms with Crippen LogP contribution < -0.4 is 21.3 Å². The number of nitrogens with zero attached hydrogens (tertiary/aromatic N) is 3. The van der Waals surface area contributed by atoms with Crippen molar-refractivity contribution in [1.29, 1.82) is 0 Å². The van der Waals surface area contributed by atoms with Crippen molar-refractivity contribution >= 4 is 5.69 Å². The molecular formula is C14H16FN5O. The van der Waals surface area contributed by atoms with Gasteiger partial charge in [0.15, 0.2) is 0 Å². The van der Waals surface area contributed by atoms with Gasteiger partial charge >= 0.3 is 6.01 Å². The summed E-state index contributed by atoms with van der Waals surface area (Å²) in [5, 5.41) is 1.30. The number of hydrogen-bond donors (Lipinski definition) is 2. The highest BCUT2D eigenvalue weighted by atomic mass is 19.1. The highest BCUT2D eigenvalue weighted by molar-refractivity contribution is 5.50. The van der Waals surface area contributed by atoms with E-state index in [1.54, 1.807) is 37.5 Å². The predicted octanol–water partition coefficient (Wildman–Crippen LogP) is 1.48. The Morgan fingerprint density at radius 2 is 2.10 bits per heavy atom. The number of ether oxygens (including phenoxy) is 1. The average Bonchev–Trinajstić information content (AvgIpc) is 2.49. The van der Waals surface area contributed by atoms with Crippen LogP contribution in [0.25, 0.3) is 0 Å². The molecule has 110 valence electrons. The molecular weight excluding hydrogens is 273 g/mol. The van der Waals surface area contributed by atoms with Gasteiger partial charge < -0.3 is 10.5 Å². The molecule has 0 saturated heterocycles. The van der Waals surface area contributed by atoms with Gasteiger partial charge in [-0.3, -0.25) is 5.01 Å². The van der Waals surface area contributed by atoms with Crippen molar-refractivity contribution in [2.45, 2.75) is 6.92 Å². The number of nitrogens with two attached hydrogens (primary N) is 2. The number of hydrazine groups is 1. The Morgan fingerprint density at radius 1 is 1.38 bits per heavy atom. The van der Waals surface area contributed by atoms with Crippen molar-refractivity contribution in [2.75, 3.05) is 11.6 Å². The second kappa shape index (κ2) is 6.67. The number of rotatable bonds is 5. The Balaban J connectivity index is 1.99. The molecule has 7 heteroatoms. The summed E-state index contributed by atoms with van der Waals surface area (Å²) in [4.78, 5) is 7.81. The Morgan fingerprint density at radius 3 is 2.76 bits per heavy atom. The maximum atomic E-state index is 13.2. The summed E-state index contributed by atoms with van der Waals surface area (Å²) in [6.45, 7) is 1.76. The molecule has 4 N–H and O–H groups in total. The van der Waals surface area contributed by atoms with Gasteiger partial charge in [-0.1, -0.05) is 0 Å². The van der Waals surface area contributed by atoms with E-state index in [2.05, 4.69) is 9.97 Å². The van der Waals surface area contributed by atoms with Crippen LogP contribution >= 0.6 is 0 Å². The van der Waals surface area contributed by atoms with Crippen molar-refractivity contribution in [3.05, 3.63) is 59.9 Å². The Kier molecular flexibility index (Phi) is 4.68. The third kappa shape index (κ3) is 4.15. The SMILES string of the molecule is Cc1cc(N(N)/C=C(\N)COc2ncccn2)ccc1F. The number of halogens is 1. The normalized spacial score (nSPS) is 11.3. The Labute approximate surface area is 121 Å². The summed E-state index contributed by atoms with van der Waals surface area (Å²) >= 11 is 0. The zero-order valence-corrected chi connectivity index (χ0v) is 11.5. The summed E-state index contributed by atoms with van der Waals surface area (Å²) in [5.41, 5.74) is 7.32. The fraction of sp³-hybridized carbons (Fsp3) is 0.143. The van der Waals surface area contributed by atoms with E-state index in [-0.39, 0.29) is 18.4 Å². The molecule has 2 aromatic rings. The average molecular weight is 289 g/mol. The van der Waals surface area contributed by atoms with Crippen molar-refractivity contribution in [1.82, 2.24) is 9.97 Å². The van der Waals surface area contributed by atoms with Crippen molar-refractivity contribution in [3.8, 4) is 6.01 Å². The molecule has 0 aliphatic heterocycles. The van der Waals surface area contributed by atoms with Crippen LogP contribution in [0.5, 0.6) is 6.01 Å². The molecule has 0 saturated carbocycles. The van der Waals surface area contributed by atoms with Gasteiger partial charge in [-0.05, 0) is 36.8 Å². The summed E-state index contributed by atoms with van der Waals surface area (Å²) in [6, 6.07) is 6.45. The topological polar surface area (TPSA) is 90.3 Å². The van der Waals surface area contributed by atoms with Gasteiger partial charge in [-0.15, -0.1) is 0 Å². The molecule has 0 aliphatic rings. The third-order valence-electron chi connectivity index (χ3n) is 2.65. The highest BCUT2D eigenvalue weighted by Crippen LogP contribution is 2.16. The zero-order valence-electron chi connectivity index (χ0n) is 11.5. The molecule has 2 rings (SSSR count). The van der Waals surface area contributed by atoms with E-state index in [9.17, 15) is 4.39 Å². The van der Waals surface area contributed by atoms with E-state index in [1.807, 2.05) is 0 Å². The van der Waals surface area contributed by atoms with Crippen molar-refractivity contribution in [3.63, 3.8) is 0 Å². The molecule has 0 amide bonds. The van der Waals surface area contributed by atoms with Crippen LogP contribution in [-0.2, 0) is 0 Å². The van der Waals surface area contributed by atoms with E-state index in [1.165, 1.54) is 17.3 Å². The lowest BCUT2D eigenvalue weighted by Gasteiger charge is -2.16. The minimum absolute atomic E-state index is 0.0951. The molecule has 0 bridgehead atoms. The number of aromatic nitrogens is 2. The monoisotopic (exact) mass is 289 g/mol. The van der Waals surface area contributed by atoms with E-state index in [0.29, 0.717) is 16.9 Å². The van der Waals surface area contributed by atoms with Crippen LogP contribution in [0.15, 0.2) is 48.6 Å². The third-order valence-corrected chi connectivity index (χ3v) is 2.65. The molecule has 0 unspecified atom stereocenters. The van der Waals surface area contributed by atoms with Crippen LogP contribution in [0, 0.1) is 12.7 Å². The Hall–Kier alpha value is -2.67. The van der Waals surface area contributed by atoms with Crippen molar-refractivity contribution < 1.29 is 9.13 Å². The molecule has 1 aromatic heterocycles. The van der Waals surface area contributed by atoms with E-state index in [4.69, 9.17) is 16.3 Å². The van der Waals surface area contributed by atoms with Gasteiger partial charge in [0, 0.05) is 18.6 Å². The van der Waals surface area contributed by atoms with Crippen LogP contribution in [0.4, 0.5) is 10.1 Å². The van der Waals surface area contributed by atoms with Crippen molar-refractivity contribution in [2.24, 2.45) is 11.6 Å². The maximum Gasteiger partial charge on any atom is 0.316 e. The fourth-order valence-electron chi connectivity index (χ4n) is 1.59. The Bertz CT molecular complexity index is 633. The van der Waals surface area contributed by atoms with E-state index in [0.717, 1.165) is 0 Å². The minimum Gasteiger partial charge on any atom is -0.457 e. The van der Waals surface area contributed by atoms with Gasteiger partial charge in [0.05, 0.1) is 11.4 Å². The first-order chi connectivity index (χ1) is 10.1. The van der Waals surface area contributed by atoms with Gasteiger partial charge in [-0.25, -0.2) is 20.2 Å². The second-order valence-electron chi connectivity index (χ2n) is 4.36. The smallest absolute Gasteiger partial charge is 0.316 e. The summed E-state index contributed by atoms with van der Waals surface area (Å²) in [7, 11) is 0. The second-order valence-corrected chi connectivity index (χ2v) is 4.36. The zero-order chi connectivity index (χ0) is 15.2. The molecule has 6 nitrogen and oxygen atoms in total. The lowest BCUT2D eigenvalue weighted by molar-refractivity contribution is 0.321. The van der Waals surface area contributed by atoms with Crippen LogP contribution in [-0.4, -0.2) is 16.6 Å².